The van der Waals surface area contributed by atoms with Crippen LogP contribution in [0.2, 0.25) is 0 Å². The quantitative estimate of drug-likeness (QED) is 0.293. The normalized spacial score (nSPS) is 11.3. The number of fused-ring (bicyclic) bond motifs is 1. The zero-order chi connectivity index (χ0) is 15.1. The van der Waals surface area contributed by atoms with Crippen LogP contribution in [0.15, 0.2) is 29.3 Å². The molecule has 22 heavy (non-hydrogen) atoms. The molecule has 1 aromatic carbocycles. The highest BCUT2D eigenvalue weighted by atomic mass is 127. The highest BCUT2D eigenvalue weighted by molar-refractivity contribution is 14.0. The third-order valence-corrected chi connectivity index (χ3v) is 3.74. The summed E-state index contributed by atoms with van der Waals surface area (Å²) in [6, 6.07) is 8.48. The van der Waals surface area contributed by atoms with E-state index in [0.29, 0.717) is 0 Å². The van der Waals surface area contributed by atoms with Gasteiger partial charge in [-0.2, -0.15) is 0 Å². The van der Waals surface area contributed by atoms with E-state index in [9.17, 15) is 0 Å². The summed E-state index contributed by atoms with van der Waals surface area (Å²) in [4.78, 5) is 7.70. The van der Waals surface area contributed by atoms with Gasteiger partial charge in [-0.25, -0.2) is 0 Å². The lowest BCUT2D eigenvalue weighted by atomic mass is 10.1. The monoisotopic (exact) mass is 414 g/mol. The Morgan fingerprint density at radius 3 is 2.64 bits per heavy atom. The average Bonchev–Trinajstić information content (AvgIpc) is 2.82. The molecule has 0 unspecified atom stereocenters. The minimum absolute atomic E-state index is 0. The Hall–Kier alpha value is -1.24. The van der Waals surface area contributed by atoms with Gasteiger partial charge in [-0.15, -0.1) is 24.0 Å². The number of nitrogens with zero attached hydrogens (tertiary/aromatic N) is 1. The fourth-order valence-electron chi connectivity index (χ4n) is 2.57. The standard InChI is InChI=1S/C17H26N4.HI/c1-4-5-11-19-17(18-3)20-12-10-14-13(2)21-16-9-7-6-8-15(14)16;/h6-9,21H,4-5,10-12H2,1-3H3,(H2,18,19,20);1H. The van der Waals surface area contributed by atoms with E-state index in [1.54, 1.807) is 0 Å². The molecule has 0 saturated carbocycles. The second-order valence-corrected chi connectivity index (χ2v) is 5.30. The topological polar surface area (TPSA) is 52.2 Å². The number of aryl methyl sites for hydroxylation is 1. The lowest BCUT2D eigenvalue weighted by molar-refractivity contribution is 0.726. The molecule has 0 fully saturated rings. The molecule has 0 saturated heterocycles. The maximum atomic E-state index is 4.25. The molecular weight excluding hydrogens is 387 g/mol. The Morgan fingerprint density at radius 1 is 1.18 bits per heavy atom. The Kier molecular flexibility index (Phi) is 8.30. The second-order valence-electron chi connectivity index (χ2n) is 5.30. The number of aromatic amines is 1. The predicted molar refractivity (Wildman–Crippen MR) is 106 cm³/mol. The first kappa shape index (κ1) is 18.8. The van der Waals surface area contributed by atoms with Crippen molar-refractivity contribution in [2.45, 2.75) is 33.1 Å². The number of para-hydroxylation sites is 1. The van der Waals surface area contributed by atoms with Gasteiger partial charge >= 0.3 is 0 Å². The van der Waals surface area contributed by atoms with Gasteiger partial charge < -0.3 is 15.6 Å². The largest absolute Gasteiger partial charge is 0.358 e. The van der Waals surface area contributed by atoms with Gasteiger partial charge in [0.2, 0.25) is 0 Å². The minimum Gasteiger partial charge on any atom is -0.358 e. The third-order valence-electron chi connectivity index (χ3n) is 3.74. The fourth-order valence-corrected chi connectivity index (χ4v) is 2.57. The number of unbranched alkanes of at least 4 members (excludes halogenated alkanes) is 1. The maximum absolute atomic E-state index is 4.25. The molecule has 3 N–H and O–H groups in total. The van der Waals surface area contributed by atoms with Crippen LogP contribution in [0, 0.1) is 6.92 Å². The van der Waals surface area contributed by atoms with Crippen molar-refractivity contribution in [3.63, 3.8) is 0 Å². The summed E-state index contributed by atoms with van der Waals surface area (Å²) in [6.45, 7) is 6.19. The molecule has 0 bridgehead atoms. The van der Waals surface area contributed by atoms with Crippen molar-refractivity contribution in [1.29, 1.82) is 0 Å². The average molecular weight is 414 g/mol. The number of aromatic nitrogens is 1. The van der Waals surface area contributed by atoms with Crippen LogP contribution in [0.1, 0.15) is 31.0 Å². The van der Waals surface area contributed by atoms with Crippen LogP contribution in [-0.2, 0) is 6.42 Å². The highest BCUT2D eigenvalue weighted by Gasteiger charge is 2.07. The number of guanidine groups is 1. The molecule has 4 nitrogen and oxygen atoms in total. The van der Waals surface area contributed by atoms with E-state index in [0.717, 1.165) is 25.5 Å². The summed E-state index contributed by atoms with van der Waals surface area (Å²) in [6.07, 6.45) is 3.35. The summed E-state index contributed by atoms with van der Waals surface area (Å²) in [5.41, 5.74) is 3.87. The molecule has 0 aliphatic heterocycles. The van der Waals surface area contributed by atoms with E-state index >= 15 is 0 Å². The molecule has 0 spiro atoms. The van der Waals surface area contributed by atoms with Gasteiger partial charge in [-0.3, -0.25) is 4.99 Å². The second kappa shape index (κ2) is 9.71. The van der Waals surface area contributed by atoms with Gasteiger partial charge in [0, 0.05) is 36.7 Å². The Labute approximate surface area is 150 Å². The molecule has 1 heterocycles. The first-order chi connectivity index (χ1) is 10.3. The van der Waals surface area contributed by atoms with Crippen molar-refractivity contribution in [2.24, 2.45) is 4.99 Å². The summed E-state index contributed by atoms with van der Waals surface area (Å²) < 4.78 is 0. The van der Waals surface area contributed by atoms with Crippen molar-refractivity contribution in [2.75, 3.05) is 20.1 Å². The molecular formula is C17H27IN4. The lowest BCUT2D eigenvalue weighted by Gasteiger charge is -2.11. The van der Waals surface area contributed by atoms with Gasteiger partial charge in [0.05, 0.1) is 0 Å². The number of hydrogen-bond donors (Lipinski definition) is 3. The molecule has 1 aromatic heterocycles. The molecule has 0 radical (unpaired) electrons. The van der Waals surface area contributed by atoms with Crippen LogP contribution < -0.4 is 10.6 Å². The molecule has 0 aliphatic carbocycles. The fraction of sp³-hybridized carbons (Fsp3) is 0.471. The lowest BCUT2D eigenvalue weighted by Crippen LogP contribution is -2.38. The van der Waals surface area contributed by atoms with E-state index in [1.807, 2.05) is 7.05 Å². The third kappa shape index (κ3) is 4.90. The van der Waals surface area contributed by atoms with E-state index in [4.69, 9.17) is 0 Å². The zero-order valence-electron chi connectivity index (χ0n) is 13.7. The summed E-state index contributed by atoms with van der Waals surface area (Å²) >= 11 is 0. The molecule has 2 rings (SSSR count). The molecule has 122 valence electrons. The number of halogens is 1. The SMILES string of the molecule is CCCCNC(=NC)NCCc1c(C)[nH]c2ccccc12.I. The minimum atomic E-state index is 0. The van der Waals surface area contributed by atoms with Gasteiger partial charge in [-0.1, -0.05) is 31.5 Å². The van der Waals surface area contributed by atoms with Crippen LogP contribution in [0.25, 0.3) is 10.9 Å². The Balaban J connectivity index is 0.00000242. The molecule has 0 atom stereocenters. The smallest absolute Gasteiger partial charge is 0.190 e. The zero-order valence-corrected chi connectivity index (χ0v) is 16.0. The number of aliphatic imine (C=N–C) groups is 1. The van der Waals surface area contributed by atoms with Gasteiger partial charge in [-0.05, 0) is 31.4 Å². The van der Waals surface area contributed by atoms with E-state index in [1.165, 1.54) is 35.0 Å². The number of hydrogen-bond acceptors (Lipinski definition) is 1. The van der Waals surface area contributed by atoms with Gasteiger partial charge in [0.15, 0.2) is 5.96 Å². The van der Waals surface area contributed by atoms with Crippen LogP contribution >= 0.6 is 24.0 Å². The van der Waals surface area contributed by atoms with Crippen molar-refractivity contribution in [3.05, 3.63) is 35.5 Å². The first-order valence-electron chi connectivity index (χ1n) is 7.77. The van der Waals surface area contributed by atoms with Crippen molar-refractivity contribution >= 4 is 40.8 Å². The number of H-pyrrole nitrogens is 1. The number of rotatable bonds is 6. The van der Waals surface area contributed by atoms with Gasteiger partial charge in [0.25, 0.3) is 0 Å². The van der Waals surface area contributed by atoms with Crippen LogP contribution in [0.3, 0.4) is 0 Å². The van der Waals surface area contributed by atoms with Crippen LogP contribution in [0.5, 0.6) is 0 Å². The molecule has 2 aromatic rings. The summed E-state index contributed by atoms with van der Waals surface area (Å²) in [5.74, 6) is 0.890. The van der Waals surface area contributed by atoms with E-state index in [2.05, 4.69) is 58.7 Å². The first-order valence-corrected chi connectivity index (χ1v) is 7.77. The van der Waals surface area contributed by atoms with Gasteiger partial charge in [0.1, 0.15) is 0 Å². The van der Waals surface area contributed by atoms with Crippen LogP contribution in [0.4, 0.5) is 0 Å². The van der Waals surface area contributed by atoms with Crippen molar-refractivity contribution in [3.8, 4) is 0 Å². The highest BCUT2D eigenvalue weighted by Crippen LogP contribution is 2.21. The molecule has 0 amide bonds. The Morgan fingerprint density at radius 2 is 1.91 bits per heavy atom. The van der Waals surface area contributed by atoms with E-state index < -0.39 is 0 Å². The molecule has 5 heteroatoms. The van der Waals surface area contributed by atoms with Crippen molar-refractivity contribution in [1.82, 2.24) is 15.6 Å². The maximum Gasteiger partial charge on any atom is 0.190 e. The summed E-state index contributed by atoms with van der Waals surface area (Å²) in [7, 11) is 1.82. The Bertz CT molecular complexity index is 604. The van der Waals surface area contributed by atoms with E-state index in [-0.39, 0.29) is 24.0 Å². The van der Waals surface area contributed by atoms with Crippen molar-refractivity contribution < 1.29 is 0 Å². The number of nitrogens with one attached hydrogen (secondary N) is 3. The summed E-state index contributed by atoms with van der Waals surface area (Å²) in [5, 5.41) is 8.04. The predicted octanol–water partition coefficient (Wildman–Crippen LogP) is 3.60. The van der Waals surface area contributed by atoms with Crippen LogP contribution in [-0.4, -0.2) is 31.1 Å². The number of benzene rings is 1. The molecule has 0 aliphatic rings.